The molecule has 2 unspecified atom stereocenters. The number of likely N-dealkylation sites (tertiary alicyclic amines) is 1. The zero-order valence-electron chi connectivity index (χ0n) is 12.5. The van der Waals surface area contributed by atoms with Crippen LogP contribution < -0.4 is 5.73 Å². The fourth-order valence-corrected chi connectivity index (χ4v) is 4.33. The molecule has 18 heavy (non-hydrogen) atoms. The second-order valence-electron chi connectivity index (χ2n) is 6.74. The van der Waals surface area contributed by atoms with Crippen molar-refractivity contribution in [2.75, 3.05) is 13.1 Å². The van der Waals surface area contributed by atoms with E-state index in [1.165, 1.54) is 70.9 Å². The topological polar surface area (TPSA) is 29.3 Å². The Morgan fingerprint density at radius 2 is 1.72 bits per heavy atom. The van der Waals surface area contributed by atoms with Crippen molar-refractivity contribution in [3.63, 3.8) is 0 Å². The average molecular weight is 252 g/mol. The number of hydrogen-bond acceptors (Lipinski definition) is 2. The van der Waals surface area contributed by atoms with Crippen LogP contribution in [0, 0.1) is 5.92 Å². The largest absolute Gasteiger partial charge is 0.326 e. The molecule has 0 amide bonds. The van der Waals surface area contributed by atoms with Crippen LogP contribution >= 0.6 is 0 Å². The van der Waals surface area contributed by atoms with Crippen molar-refractivity contribution >= 4 is 0 Å². The lowest BCUT2D eigenvalue weighted by molar-refractivity contribution is 0.0822. The molecule has 106 valence electrons. The number of hydrogen-bond donors (Lipinski definition) is 1. The van der Waals surface area contributed by atoms with Crippen LogP contribution in [0.25, 0.3) is 0 Å². The Balaban J connectivity index is 1.99. The fourth-order valence-electron chi connectivity index (χ4n) is 4.33. The summed E-state index contributed by atoms with van der Waals surface area (Å²) in [6, 6.07) is 0.402. The van der Waals surface area contributed by atoms with E-state index in [9.17, 15) is 0 Å². The number of nitrogens with two attached hydrogens (primary N) is 1. The van der Waals surface area contributed by atoms with Crippen LogP contribution in [0.1, 0.15) is 71.6 Å². The molecule has 1 aliphatic carbocycles. The molecule has 2 heteroatoms. The molecule has 2 rings (SSSR count). The van der Waals surface area contributed by atoms with Crippen LogP contribution in [0.15, 0.2) is 0 Å². The molecule has 1 heterocycles. The molecular formula is C16H32N2. The Bertz CT molecular complexity index is 239. The van der Waals surface area contributed by atoms with E-state index in [0.717, 1.165) is 5.92 Å². The standard InChI is InChI=1S/C16H32N2/c1-3-8-14(2)13-15(17)16(9-4-5-10-16)18-11-6-7-12-18/h14-15H,3-13,17H2,1-2H3. The molecule has 0 aromatic rings. The lowest BCUT2D eigenvalue weighted by Crippen LogP contribution is -2.57. The Hall–Kier alpha value is -0.0800. The highest BCUT2D eigenvalue weighted by atomic mass is 15.2. The van der Waals surface area contributed by atoms with E-state index >= 15 is 0 Å². The van der Waals surface area contributed by atoms with Gasteiger partial charge in [-0.25, -0.2) is 0 Å². The maximum Gasteiger partial charge on any atom is 0.0360 e. The van der Waals surface area contributed by atoms with Gasteiger partial charge in [-0.2, -0.15) is 0 Å². The Labute approximate surface area is 113 Å². The molecule has 1 aliphatic heterocycles. The zero-order chi connectivity index (χ0) is 13.0. The van der Waals surface area contributed by atoms with Crippen molar-refractivity contribution in [3.8, 4) is 0 Å². The van der Waals surface area contributed by atoms with Crippen molar-refractivity contribution in [2.45, 2.75) is 83.2 Å². The molecule has 0 spiro atoms. The molecule has 2 nitrogen and oxygen atoms in total. The average Bonchev–Trinajstić information content (AvgIpc) is 3.01. The predicted octanol–water partition coefficient (Wildman–Crippen LogP) is 3.55. The summed E-state index contributed by atoms with van der Waals surface area (Å²) in [7, 11) is 0. The monoisotopic (exact) mass is 252 g/mol. The third-order valence-electron chi connectivity index (χ3n) is 5.33. The van der Waals surface area contributed by atoms with Crippen molar-refractivity contribution in [1.29, 1.82) is 0 Å². The van der Waals surface area contributed by atoms with Crippen LogP contribution in [0.3, 0.4) is 0 Å². The fraction of sp³-hybridized carbons (Fsp3) is 1.00. The van der Waals surface area contributed by atoms with Crippen LogP contribution in [0.4, 0.5) is 0 Å². The minimum absolute atomic E-state index is 0.374. The van der Waals surface area contributed by atoms with Gasteiger partial charge in [0.2, 0.25) is 0 Å². The van der Waals surface area contributed by atoms with Crippen molar-refractivity contribution < 1.29 is 0 Å². The van der Waals surface area contributed by atoms with Gasteiger partial charge in [-0.15, -0.1) is 0 Å². The highest BCUT2D eigenvalue weighted by Crippen LogP contribution is 2.41. The molecule has 0 aromatic carbocycles. The van der Waals surface area contributed by atoms with Crippen molar-refractivity contribution in [1.82, 2.24) is 4.90 Å². The Kier molecular flexibility index (Phi) is 5.08. The van der Waals surface area contributed by atoms with Gasteiger partial charge < -0.3 is 5.73 Å². The summed E-state index contributed by atoms with van der Waals surface area (Å²) in [5.41, 5.74) is 7.06. The summed E-state index contributed by atoms with van der Waals surface area (Å²) in [5.74, 6) is 0.796. The maximum atomic E-state index is 6.68. The second-order valence-corrected chi connectivity index (χ2v) is 6.74. The summed E-state index contributed by atoms with van der Waals surface area (Å²) in [6.07, 6.45) is 12.1. The number of nitrogens with zero attached hydrogens (tertiary/aromatic N) is 1. The lowest BCUT2D eigenvalue weighted by atomic mass is 9.81. The first kappa shape index (κ1) is 14.3. The SMILES string of the molecule is CCCC(C)CC(N)C1(N2CCCC2)CCCC1. The molecule has 0 radical (unpaired) electrons. The van der Waals surface area contributed by atoms with Gasteiger partial charge in [0, 0.05) is 11.6 Å². The third-order valence-corrected chi connectivity index (χ3v) is 5.33. The summed E-state index contributed by atoms with van der Waals surface area (Å²) in [6.45, 7) is 7.27. The van der Waals surface area contributed by atoms with Crippen LogP contribution in [0.2, 0.25) is 0 Å². The molecule has 2 aliphatic rings. The van der Waals surface area contributed by atoms with Crippen molar-refractivity contribution in [3.05, 3.63) is 0 Å². The first-order valence-electron chi connectivity index (χ1n) is 8.19. The van der Waals surface area contributed by atoms with Gasteiger partial charge in [-0.3, -0.25) is 4.90 Å². The lowest BCUT2D eigenvalue weighted by Gasteiger charge is -2.44. The molecule has 1 saturated carbocycles. The quantitative estimate of drug-likeness (QED) is 0.783. The Morgan fingerprint density at radius 1 is 1.11 bits per heavy atom. The van der Waals surface area contributed by atoms with E-state index in [1.807, 2.05) is 0 Å². The van der Waals surface area contributed by atoms with E-state index in [-0.39, 0.29) is 0 Å². The van der Waals surface area contributed by atoms with Gasteiger partial charge in [-0.1, -0.05) is 39.5 Å². The minimum Gasteiger partial charge on any atom is -0.326 e. The first-order valence-corrected chi connectivity index (χ1v) is 8.19. The van der Waals surface area contributed by atoms with Gasteiger partial charge in [0.05, 0.1) is 0 Å². The second kappa shape index (κ2) is 6.38. The highest BCUT2D eigenvalue weighted by molar-refractivity contribution is 5.03. The summed E-state index contributed by atoms with van der Waals surface area (Å²) < 4.78 is 0. The van der Waals surface area contributed by atoms with Crippen LogP contribution in [-0.2, 0) is 0 Å². The molecule has 0 bridgehead atoms. The minimum atomic E-state index is 0.374. The summed E-state index contributed by atoms with van der Waals surface area (Å²) in [4.78, 5) is 2.75. The molecule has 1 saturated heterocycles. The van der Waals surface area contributed by atoms with Gasteiger partial charge >= 0.3 is 0 Å². The van der Waals surface area contributed by atoms with E-state index in [4.69, 9.17) is 5.73 Å². The number of rotatable bonds is 6. The van der Waals surface area contributed by atoms with Gasteiger partial charge in [0.25, 0.3) is 0 Å². The summed E-state index contributed by atoms with van der Waals surface area (Å²) >= 11 is 0. The smallest absolute Gasteiger partial charge is 0.0360 e. The van der Waals surface area contributed by atoms with Crippen LogP contribution in [0.5, 0.6) is 0 Å². The van der Waals surface area contributed by atoms with E-state index in [0.29, 0.717) is 11.6 Å². The molecule has 2 atom stereocenters. The molecular weight excluding hydrogens is 220 g/mol. The highest BCUT2D eigenvalue weighted by Gasteiger charge is 2.45. The normalized spacial score (nSPS) is 27.5. The van der Waals surface area contributed by atoms with Crippen molar-refractivity contribution in [2.24, 2.45) is 11.7 Å². The predicted molar refractivity (Wildman–Crippen MR) is 78.7 cm³/mol. The van der Waals surface area contributed by atoms with E-state index in [1.54, 1.807) is 0 Å². The molecule has 2 fully saturated rings. The molecule has 2 N–H and O–H groups in total. The maximum absolute atomic E-state index is 6.68. The van der Waals surface area contributed by atoms with E-state index < -0.39 is 0 Å². The zero-order valence-corrected chi connectivity index (χ0v) is 12.5. The molecule has 0 aromatic heterocycles. The third kappa shape index (κ3) is 2.91. The van der Waals surface area contributed by atoms with Gasteiger partial charge in [-0.05, 0) is 51.1 Å². The Morgan fingerprint density at radius 3 is 2.28 bits per heavy atom. The van der Waals surface area contributed by atoms with Gasteiger partial charge in [0.15, 0.2) is 0 Å². The van der Waals surface area contributed by atoms with E-state index in [2.05, 4.69) is 18.7 Å². The van der Waals surface area contributed by atoms with Gasteiger partial charge in [0.1, 0.15) is 0 Å². The first-order chi connectivity index (χ1) is 8.69. The summed E-state index contributed by atoms with van der Waals surface area (Å²) in [5, 5.41) is 0. The van der Waals surface area contributed by atoms with Crippen LogP contribution in [-0.4, -0.2) is 29.6 Å².